The molecule has 6 heteroatoms. The predicted octanol–water partition coefficient (Wildman–Crippen LogP) is -2.49. The van der Waals surface area contributed by atoms with E-state index in [0.29, 0.717) is 0 Å². The molecule has 0 heterocycles. The Balaban J connectivity index is 0. The van der Waals surface area contributed by atoms with Crippen LogP contribution in [-0.2, 0) is 65.7 Å². The summed E-state index contributed by atoms with van der Waals surface area (Å²) in [5.41, 5.74) is 0. The van der Waals surface area contributed by atoms with E-state index in [1.807, 2.05) is 0 Å². The minimum absolute atomic E-state index is 0. The van der Waals surface area contributed by atoms with Gasteiger partial charge in [0, 0.05) is 65.7 Å². The molecular formula is H5BiFeKNaNbZr. The van der Waals surface area contributed by atoms with Gasteiger partial charge in [-0.25, -0.2) is 0 Å². The van der Waals surface area contributed by atoms with Gasteiger partial charge >= 0.3 is 107 Å². The molecule has 0 N–H and O–H groups in total. The normalized spacial score (nSPS) is 0. The number of hydrogen-bond acceptors (Lipinski definition) is 0. The molecular weight excluding hydrogens is 511 g/mol. The van der Waals surface area contributed by atoms with Crippen molar-refractivity contribution in [3.63, 3.8) is 0 Å². The summed E-state index contributed by atoms with van der Waals surface area (Å²) in [6.07, 6.45) is 0. The molecule has 0 bridgehead atoms. The Morgan fingerprint density at radius 1 is 1.00 bits per heavy atom. The monoisotopic (exact) mass is 515 g/mol. The van der Waals surface area contributed by atoms with Crippen molar-refractivity contribution in [2.45, 2.75) is 0 Å². The molecule has 0 amide bonds. The summed E-state index contributed by atoms with van der Waals surface area (Å²) in [5, 5.41) is 0. The van der Waals surface area contributed by atoms with Gasteiger partial charge in [0.25, 0.3) is 0 Å². The quantitative estimate of drug-likeness (QED) is 0.313. The third-order valence-corrected chi connectivity index (χ3v) is 0. The zero-order valence-corrected chi connectivity index (χ0v) is 13.3. The van der Waals surface area contributed by atoms with Crippen molar-refractivity contribution in [3.05, 3.63) is 0 Å². The van der Waals surface area contributed by atoms with Gasteiger partial charge in [0.1, 0.15) is 0 Å². The minimum atomic E-state index is 0. The second-order valence-corrected chi connectivity index (χ2v) is 0. The second-order valence-electron chi connectivity index (χ2n) is 0. The molecule has 0 nitrogen and oxygen atoms in total. The third kappa shape index (κ3) is 22.6. The molecule has 1 radical (unpaired) electrons. The van der Waals surface area contributed by atoms with Gasteiger partial charge in [-0.3, -0.25) is 0 Å². The molecule has 0 aromatic heterocycles. The SMILES string of the molecule is [BiH3].[Fe].[KH].[NaH].[Nb].[Zr]. The average Bonchev–Trinajstić information content (AvgIpc) is 0. The molecule has 0 saturated carbocycles. The van der Waals surface area contributed by atoms with E-state index in [4.69, 9.17) is 0 Å². The van der Waals surface area contributed by atoms with Gasteiger partial charge in [-0.2, -0.15) is 0 Å². The van der Waals surface area contributed by atoms with Crippen molar-refractivity contribution in [1.29, 1.82) is 0 Å². The minimum Gasteiger partial charge on any atom is 0 e. The van der Waals surface area contributed by atoms with Crippen molar-refractivity contribution in [2.75, 3.05) is 0 Å². The Labute approximate surface area is 167 Å². The Morgan fingerprint density at radius 3 is 1.00 bits per heavy atom. The van der Waals surface area contributed by atoms with Gasteiger partial charge in [0.2, 0.25) is 0 Å². The average molecular weight is 516 g/mol. The van der Waals surface area contributed by atoms with E-state index in [9.17, 15) is 0 Å². The maximum atomic E-state index is 0. The first-order valence-corrected chi connectivity index (χ1v) is 0. The van der Waals surface area contributed by atoms with Crippen molar-refractivity contribution in [2.24, 2.45) is 0 Å². The smallest absolute Gasteiger partial charge is 0 e. The molecule has 0 atom stereocenters. The summed E-state index contributed by atoms with van der Waals surface area (Å²) < 4.78 is 0. The van der Waals surface area contributed by atoms with E-state index in [1.54, 1.807) is 0 Å². The van der Waals surface area contributed by atoms with Crippen LogP contribution in [0.2, 0.25) is 0 Å². The Morgan fingerprint density at radius 2 is 1.00 bits per heavy atom. The standard InChI is InChI=1S/Bi.Fe.K.Na.Nb.Zr.5H. The van der Waals surface area contributed by atoms with Crippen molar-refractivity contribution < 1.29 is 65.7 Å². The van der Waals surface area contributed by atoms with Gasteiger partial charge in [-0.05, 0) is 0 Å². The summed E-state index contributed by atoms with van der Waals surface area (Å²) in [7, 11) is 0. The van der Waals surface area contributed by atoms with Crippen LogP contribution in [0.3, 0.4) is 0 Å². The van der Waals surface area contributed by atoms with E-state index >= 15 is 0 Å². The van der Waals surface area contributed by atoms with Crippen molar-refractivity contribution in [3.8, 4) is 0 Å². The molecule has 29 valence electrons. The maximum absolute atomic E-state index is 0. The van der Waals surface area contributed by atoms with Gasteiger partial charge in [0.15, 0.2) is 0 Å². The molecule has 0 fully saturated rings. The Kier molecular flexibility index (Phi) is 214. The molecule has 0 aliphatic carbocycles. The van der Waals surface area contributed by atoms with Crippen LogP contribution in [0.15, 0.2) is 0 Å². The second kappa shape index (κ2) is 31.0. The first-order valence-electron chi connectivity index (χ1n) is 0. The van der Waals surface area contributed by atoms with E-state index < -0.39 is 0 Å². The topological polar surface area (TPSA) is 0 Å². The van der Waals surface area contributed by atoms with Crippen LogP contribution >= 0.6 is 0 Å². The third-order valence-electron chi connectivity index (χ3n) is 0. The first kappa shape index (κ1) is 41.4. The first-order chi connectivity index (χ1) is 0. The zero-order valence-electron chi connectivity index (χ0n) is 2.01. The number of rotatable bonds is 0. The van der Waals surface area contributed by atoms with Crippen LogP contribution in [0.25, 0.3) is 0 Å². The molecule has 0 saturated heterocycles. The summed E-state index contributed by atoms with van der Waals surface area (Å²) >= 11 is 0. The fourth-order valence-corrected chi connectivity index (χ4v) is 0. The molecule has 0 unspecified atom stereocenters. The number of hydrogen-bond donors (Lipinski definition) is 0. The Bertz CT molecular complexity index is 15.5. The molecule has 6 heavy (non-hydrogen) atoms. The van der Waals surface area contributed by atoms with Crippen molar-refractivity contribution in [1.82, 2.24) is 0 Å². The van der Waals surface area contributed by atoms with Gasteiger partial charge < -0.3 is 0 Å². The largest absolute Gasteiger partial charge is 0 e. The van der Waals surface area contributed by atoms with Crippen molar-refractivity contribution >= 4 is 107 Å². The fraction of sp³-hybridized carbons (Fsp3) is 0. The van der Waals surface area contributed by atoms with Crippen LogP contribution in [0.1, 0.15) is 0 Å². The summed E-state index contributed by atoms with van der Waals surface area (Å²) in [6.45, 7) is 0. The maximum Gasteiger partial charge on any atom is 0 e. The predicted molar refractivity (Wildman–Crippen MR) is 24.2 cm³/mol. The molecule has 0 rings (SSSR count). The van der Waals surface area contributed by atoms with Crippen LogP contribution in [0, 0.1) is 0 Å². The van der Waals surface area contributed by atoms with Gasteiger partial charge in [-0.1, -0.05) is 0 Å². The van der Waals surface area contributed by atoms with E-state index in [2.05, 4.69) is 0 Å². The summed E-state index contributed by atoms with van der Waals surface area (Å²) in [5.74, 6) is 0. The zero-order chi connectivity index (χ0) is 0. The van der Waals surface area contributed by atoms with E-state index in [0.717, 1.165) is 0 Å². The molecule has 0 spiro atoms. The molecule has 0 aromatic rings. The summed E-state index contributed by atoms with van der Waals surface area (Å²) in [4.78, 5) is 0. The fourth-order valence-electron chi connectivity index (χ4n) is 0. The summed E-state index contributed by atoms with van der Waals surface area (Å²) in [6, 6.07) is 0. The van der Waals surface area contributed by atoms with Crippen LogP contribution in [0.5, 0.6) is 0 Å². The van der Waals surface area contributed by atoms with E-state index in [-0.39, 0.29) is 173 Å². The Hall–Kier alpha value is 5.66. The van der Waals surface area contributed by atoms with Crippen LogP contribution in [0.4, 0.5) is 0 Å². The molecule has 0 aliphatic heterocycles. The van der Waals surface area contributed by atoms with E-state index in [1.165, 1.54) is 0 Å². The molecule has 0 aliphatic rings. The van der Waals surface area contributed by atoms with Crippen LogP contribution < -0.4 is 0 Å². The molecule has 0 aromatic carbocycles. The van der Waals surface area contributed by atoms with Crippen LogP contribution in [-0.4, -0.2) is 107 Å². The van der Waals surface area contributed by atoms with Gasteiger partial charge in [0.05, 0.1) is 0 Å². The van der Waals surface area contributed by atoms with Gasteiger partial charge in [-0.15, -0.1) is 0 Å².